The minimum absolute atomic E-state index is 0.164. The third-order valence-electron chi connectivity index (χ3n) is 5.68. The lowest BCUT2D eigenvalue weighted by molar-refractivity contribution is 0.102. The van der Waals surface area contributed by atoms with Gasteiger partial charge in [0, 0.05) is 39.6 Å². The van der Waals surface area contributed by atoms with E-state index in [1.54, 1.807) is 0 Å². The molecule has 0 saturated carbocycles. The van der Waals surface area contributed by atoms with Gasteiger partial charge in [-0.2, -0.15) is 0 Å². The Bertz CT molecular complexity index is 1260. The zero-order valence-electron chi connectivity index (χ0n) is 16.7. The molecule has 2 N–H and O–H groups in total. The fourth-order valence-corrected chi connectivity index (χ4v) is 4.37. The summed E-state index contributed by atoms with van der Waals surface area (Å²) in [4.78, 5) is 16.1. The monoisotopic (exact) mass is 463 g/mol. The Morgan fingerprint density at radius 1 is 1.10 bits per heavy atom. The number of nitrogens with zero attached hydrogens (tertiary/aromatic N) is 3. The second-order valence-electron chi connectivity index (χ2n) is 7.80. The van der Waals surface area contributed by atoms with E-state index in [0.29, 0.717) is 5.69 Å². The second-order valence-corrected chi connectivity index (χ2v) is 8.72. The molecule has 0 unspecified atom stereocenters. The fourth-order valence-electron chi connectivity index (χ4n) is 4.01. The van der Waals surface area contributed by atoms with Crippen molar-refractivity contribution in [2.75, 3.05) is 5.32 Å². The van der Waals surface area contributed by atoms with E-state index in [-0.39, 0.29) is 5.91 Å². The van der Waals surface area contributed by atoms with Gasteiger partial charge in [0.2, 0.25) is 0 Å². The highest BCUT2D eigenvalue weighted by Crippen LogP contribution is 2.28. The summed E-state index contributed by atoms with van der Waals surface area (Å²) < 4.78 is 3.19. The molecule has 0 spiro atoms. The predicted octanol–water partition coefficient (Wildman–Crippen LogP) is 5.48. The first-order chi connectivity index (χ1) is 14.6. The molecule has 3 heterocycles. The maximum atomic E-state index is 12.9. The number of benzene rings is 2. The Labute approximate surface area is 182 Å². The third-order valence-corrected chi connectivity index (χ3v) is 6.18. The number of anilines is 1. The summed E-state index contributed by atoms with van der Waals surface area (Å²) in [6, 6.07) is 13.8. The highest BCUT2D eigenvalue weighted by Gasteiger charge is 2.18. The predicted molar refractivity (Wildman–Crippen MR) is 122 cm³/mol. The van der Waals surface area contributed by atoms with Crippen molar-refractivity contribution in [2.24, 2.45) is 0 Å². The van der Waals surface area contributed by atoms with Gasteiger partial charge in [-0.15, -0.1) is 10.2 Å². The zero-order chi connectivity index (χ0) is 20.7. The maximum Gasteiger partial charge on any atom is 0.272 e. The molecule has 152 valence electrons. The molecule has 0 fully saturated rings. The number of halogens is 1. The average Bonchev–Trinajstić information content (AvgIpc) is 3.26. The topological polar surface area (TPSA) is 75.6 Å². The van der Waals surface area contributed by atoms with Crippen LogP contribution in [0.4, 0.5) is 5.69 Å². The molecule has 1 aliphatic rings. The highest BCUT2D eigenvalue weighted by molar-refractivity contribution is 9.10. The van der Waals surface area contributed by atoms with Gasteiger partial charge in [-0.05, 0) is 49.6 Å². The molecule has 7 heteroatoms. The molecule has 1 amide bonds. The van der Waals surface area contributed by atoms with E-state index >= 15 is 0 Å². The van der Waals surface area contributed by atoms with Crippen LogP contribution in [0, 0.1) is 6.92 Å². The number of aryl methyl sites for hydroxylation is 2. The van der Waals surface area contributed by atoms with Gasteiger partial charge in [-0.25, -0.2) is 0 Å². The molecule has 0 atom stereocenters. The molecule has 0 radical (unpaired) electrons. The summed E-state index contributed by atoms with van der Waals surface area (Å²) in [5.74, 6) is 1.76. The zero-order valence-corrected chi connectivity index (χ0v) is 18.3. The molecule has 0 bridgehead atoms. The molecule has 0 saturated heterocycles. The first kappa shape index (κ1) is 19.1. The van der Waals surface area contributed by atoms with E-state index in [1.165, 1.54) is 6.42 Å². The van der Waals surface area contributed by atoms with E-state index in [4.69, 9.17) is 0 Å². The van der Waals surface area contributed by atoms with Crippen molar-refractivity contribution in [2.45, 2.75) is 39.2 Å². The fraction of sp³-hybridized carbons (Fsp3) is 0.261. The van der Waals surface area contributed by atoms with Crippen molar-refractivity contribution in [3.05, 3.63) is 64.0 Å². The number of hydrogen-bond donors (Lipinski definition) is 2. The van der Waals surface area contributed by atoms with Crippen molar-refractivity contribution in [3.8, 4) is 11.4 Å². The quantitative estimate of drug-likeness (QED) is 0.422. The normalized spacial score (nSPS) is 13.8. The number of amides is 1. The van der Waals surface area contributed by atoms with Crippen LogP contribution in [-0.2, 0) is 13.0 Å². The van der Waals surface area contributed by atoms with Crippen LogP contribution in [0.25, 0.3) is 22.3 Å². The second kappa shape index (κ2) is 7.72. The molecular formula is C23H22BrN5O. The molecule has 2 aromatic carbocycles. The van der Waals surface area contributed by atoms with Crippen molar-refractivity contribution < 1.29 is 4.79 Å². The molecule has 5 rings (SSSR count). The number of nitrogens with one attached hydrogen (secondary N) is 2. The molecule has 6 nitrogen and oxygen atoms in total. The van der Waals surface area contributed by atoms with Crippen LogP contribution in [0.3, 0.4) is 0 Å². The van der Waals surface area contributed by atoms with Crippen molar-refractivity contribution >= 4 is 38.4 Å². The number of rotatable bonds is 3. The summed E-state index contributed by atoms with van der Waals surface area (Å²) in [7, 11) is 0. The van der Waals surface area contributed by atoms with E-state index in [1.807, 2.05) is 49.4 Å². The van der Waals surface area contributed by atoms with E-state index in [9.17, 15) is 4.79 Å². The van der Waals surface area contributed by atoms with Gasteiger partial charge in [-0.3, -0.25) is 4.79 Å². The van der Waals surface area contributed by atoms with Crippen LogP contribution >= 0.6 is 15.9 Å². The van der Waals surface area contributed by atoms with Gasteiger partial charge in [-0.1, -0.05) is 40.5 Å². The number of aromatic amines is 1. The van der Waals surface area contributed by atoms with Gasteiger partial charge in [0.25, 0.3) is 5.91 Å². The lowest BCUT2D eigenvalue weighted by atomic mass is 10.1. The summed E-state index contributed by atoms with van der Waals surface area (Å²) in [6.07, 6.45) is 4.50. The van der Waals surface area contributed by atoms with Gasteiger partial charge in [0.15, 0.2) is 5.82 Å². The van der Waals surface area contributed by atoms with Gasteiger partial charge < -0.3 is 14.9 Å². The number of hydrogen-bond acceptors (Lipinski definition) is 3. The van der Waals surface area contributed by atoms with Crippen molar-refractivity contribution in [1.82, 2.24) is 19.7 Å². The molecular weight excluding hydrogens is 442 g/mol. The SMILES string of the molecule is Cc1ccc(-c2nnc3n2CCCCC3)cc1NC(=O)c1cc2ccc(Br)cc2[nH]1. The molecule has 2 aromatic heterocycles. The lowest BCUT2D eigenvalue weighted by Crippen LogP contribution is -2.13. The Morgan fingerprint density at radius 3 is 2.90 bits per heavy atom. The summed E-state index contributed by atoms with van der Waals surface area (Å²) >= 11 is 3.47. The number of H-pyrrole nitrogens is 1. The van der Waals surface area contributed by atoms with Gasteiger partial charge >= 0.3 is 0 Å². The Morgan fingerprint density at radius 2 is 2.00 bits per heavy atom. The molecule has 30 heavy (non-hydrogen) atoms. The molecule has 4 aromatic rings. The van der Waals surface area contributed by atoms with Crippen LogP contribution in [0.1, 0.15) is 41.1 Å². The third kappa shape index (κ3) is 3.54. The van der Waals surface area contributed by atoms with Crippen LogP contribution in [-0.4, -0.2) is 25.7 Å². The number of fused-ring (bicyclic) bond motifs is 2. The Hall–Kier alpha value is -2.93. The molecule has 1 aliphatic heterocycles. The maximum absolute atomic E-state index is 12.9. The van der Waals surface area contributed by atoms with E-state index in [0.717, 1.165) is 69.6 Å². The van der Waals surface area contributed by atoms with Gasteiger partial charge in [0.1, 0.15) is 11.5 Å². The summed E-state index contributed by atoms with van der Waals surface area (Å²) in [5.41, 5.74) is 4.21. The Kier molecular flexibility index (Phi) is 4.90. The largest absolute Gasteiger partial charge is 0.350 e. The standard InChI is InChI=1S/C23H22BrN5O/c1-14-6-7-16(22-28-27-21-5-3-2-4-10-29(21)22)12-18(14)26-23(30)20-11-15-8-9-17(24)13-19(15)25-20/h6-9,11-13,25H,2-5,10H2,1H3,(H,26,30). The van der Waals surface area contributed by atoms with Crippen LogP contribution in [0.15, 0.2) is 46.9 Å². The van der Waals surface area contributed by atoms with Crippen LogP contribution in [0.5, 0.6) is 0 Å². The molecule has 0 aliphatic carbocycles. The van der Waals surface area contributed by atoms with Crippen molar-refractivity contribution in [1.29, 1.82) is 0 Å². The first-order valence-electron chi connectivity index (χ1n) is 10.2. The number of carbonyl (C=O) groups is 1. The number of carbonyl (C=O) groups excluding carboxylic acids is 1. The average molecular weight is 464 g/mol. The lowest BCUT2D eigenvalue weighted by Gasteiger charge is -2.11. The first-order valence-corrected chi connectivity index (χ1v) is 11.0. The minimum Gasteiger partial charge on any atom is -0.350 e. The smallest absolute Gasteiger partial charge is 0.272 e. The summed E-state index contributed by atoms with van der Waals surface area (Å²) in [5, 5.41) is 12.9. The van der Waals surface area contributed by atoms with Crippen LogP contribution in [0.2, 0.25) is 0 Å². The highest BCUT2D eigenvalue weighted by atomic mass is 79.9. The van der Waals surface area contributed by atoms with Crippen molar-refractivity contribution in [3.63, 3.8) is 0 Å². The van der Waals surface area contributed by atoms with E-state index in [2.05, 4.69) is 41.0 Å². The number of aromatic nitrogens is 4. The van der Waals surface area contributed by atoms with Crippen LogP contribution < -0.4 is 5.32 Å². The minimum atomic E-state index is -0.164. The van der Waals surface area contributed by atoms with E-state index < -0.39 is 0 Å². The summed E-state index contributed by atoms with van der Waals surface area (Å²) in [6.45, 7) is 2.93. The Balaban J connectivity index is 1.45. The van der Waals surface area contributed by atoms with Gasteiger partial charge in [0.05, 0.1) is 0 Å².